The topological polar surface area (TPSA) is 38.7 Å². The molecule has 13 aromatic carbocycles. The summed E-state index contributed by atoms with van der Waals surface area (Å²) in [6.45, 7) is 0. The fourth-order valence-electron chi connectivity index (χ4n) is 11.4. The van der Waals surface area contributed by atoms with Crippen LogP contribution in [0.15, 0.2) is 328 Å². The van der Waals surface area contributed by atoms with Crippen LogP contribution in [-0.4, -0.2) is 9.97 Å². The molecule has 0 aliphatic rings. The molecule has 6 heteroatoms. The molecule has 388 valence electrons. The van der Waals surface area contributed by atoms with Crippen molar-refractivity contribution in [2.75, 3.05) is 19.6 Å². The third-order valence-corrected chi connectivity index (χ3v) is 15.2. The van der Waals surface area contributed by atoms with Crippen molar-refractivity contribution < 1.29 is 0 Å². The van der Waals surface area contributed by atoms with Crippen molar-refractivity contribution in [2.24, 2.45) is 0 Å². The van der Waals surface area contributed by atoms with Crippen LogP contribution in [0, 0.1) is 0 Å². The van der Waals surface area contributed by atoms with E-state index in [2.05, 4.69) is 323 Å². The first-order valence-corrected chi connectivity index (χ1v) is 27.7. The zero-order valence-corrected chi connectivity index (χ0v) is 44.9. The molecule has 0 fully saturated rings. The van der Waals surface area contributed by atoms with E-state index in [9.17, 15) is 0 Å². The van der Waals surface area contributed by atoms with E-state index in [1.54, 1.807) is 0 Å². The van der Waals surface area contributed by atoms with E-state index in [0.717, 1.165) is 123 Å². The van der Waals surface area contributed by atoms with E-state index in [-0.39, 0.29) is 0 Å². The maximum Gasteiger partial charge on any atom is 0.0973 e. The van der Waals surface area contributed by atoms with Gasteiger partial charge in [0.2, 0.25) is 0 Å². The molecule has 0 aliphatic heterocycles. The van der Waals surface area contributed by atoms with Crippen molar-refractivity contribution in [3.63, 3.8) is 0 Å². The van der Waals surface area contributed by atoms with Gasteiger partial charge in [-0.25, -0.2) is 9.97 Å². The Bertz CT molecular complexity index is 4160. The average Bonchev–Trinajstić information content (AvgIpc) is 3.70. The maximum atomic E-state index is 5.39. The summed E-state index contributed by atoms with van der Waals surface area (Å²) in [6.07, 6.45) is 0. The number of anilines is 12. The monoisotopic (exact) mass is 1050 g/mol. The summed E-state index contributed by atoms with van der Waals surface area (Å²) in [5, 5.41) is 4.54. The van der Waals surface area contributed by atoms with Gasteiger partial charge < -0.3 is 19.6 Å². The molecule has 14 aromatic rings. The highest BCUT2D eigenvalue weighted by atomic mass is 15.2. The number of aromatic nitrogens is 2. The second kappa shape index (κ2) is 22.0. The van der Waals surface area contributed by atoms with Gasteiger partial charge in [0.15, 0.2) is 0 Å². The van der Waals surface area contributed by atoms with Crippen LogP contribution in [0.2, 0.25) is 0 Å². The standard InChI is InChI=1S/C76H54N6/c1-7-25-57(26-8-1)79(58-27-9-2-10-28-58)71-43-23-40-68-67(71)39-24-44-72(68)81(61-33-15-5-16-34-61)63-49-45-55(46-50-63)75-76(78-70-42-22-21-41-69(70)77-75)56-47-51-64(52-48-56)82(62-35-17-6-18-36-62)74-54-53-73(65-37-19-20-38-66(65)74)80(59-29-11-3-12-30-59)60-31-13-4-14-32-60/h1-54H. The van der Waals surface area contributed by atoms with Crippen molar-refractivity contribution >= 4 is 101 Å². The largest absolute Gasteiger partial charge is 0.310 e. The lowest BCUT2D eigenvalue weighted by molar-refractivity contribution is 1.27. The molecule has 0 bridgehead atoms. The summed E-state index contributed by atoms with van der Waals surface area (Å²) in [5.74, 6) is 0. The van der Waals surface area contributed by atoms with Gasteiger partial charge in [-0.05, 0) is 133 Å². The Morgan fingerprint density at radius 3 is 0.671 bits per heavy atom. The SMILES string of the molecule is c1ccc(N(c2ccccc2)c2cccc3c(N(c4ccccc4)c4ccc(-c5nc6ccccc6nc5-c5ccc(N(c6ccccc6)c6ccc(N(c7ccccc7)c7ccccc7)c7ccccc67)cc5)cc4)cccc23)cc1. The minimum atomic E-state index is 0.809. The second-order valence-corrected chi connectivity index (χ2v) is 20.2. The van der Waals surface area contributed by atoms with Gasteiger partial charge in [-0.1, -0.05) is 194 Å². The first kappa shape index (κ1) is 49.2. The van der Waals surface area contributed by atoms with E-state index < -0.39 is 0 Å². The molecule has 0 spiro atoms. The smallest absolute Gasteiger partial charge is 0.0973 e. The van der Waals surface area contributed by atoms with E-state index >= 15 is 0 Å². The van der Waals surface area contributed by atoms with Crippen LogP contribution in [0.1, 0.15) is 0 Å². The molecule has 0 atom stereocenters. The Hall–Kier alpha value is -11.1. The molecule has 82 heavy (non-hydrogen) atoms. The maximum absolute atomic E-state index is 5.39. The number of rotatable bonds is 14. The summed E-state index contributed by atoms with van der Waals surface area (Å²) < 4.78 is 0. The summed E-state index contributed by atoms with van der Waals surface area (Å²) in [6, 6.07) is 116. The van der Waals surface area contributed by atoms with Crippen LogP contribution >= 0.6 is 0 Å². The fraction of sp³-hybridized carbons (Fsp3) is 0. The van der Waals surface area contributed by atoms with Crippen LogP contribution in [-0.2, 0) is 0 Å². The number of benzene rings is 13. The van der Waals surface area contributed by atoms with Gasteiger partial charge in [0.1, 0.15) is 0 Å². The van der Waals surface area contributed by atoms with Crippen LogP contribution in [0.5, 0.6) is 0 Å². The van der Waals surface area contributed by atoms with Gasteiger partial charge in [-0.15, -0.1) is 0 Å². The van der Waals surface area contributed by atoms with Gasteiger partial charge in [0.05, 0.1) is 45.2 Å². The van der Waals surface area contributed by atoms with E-state index in [4.69, 9.17) is 9.97 Å². The molecule has 0 saturated carbocycles. The van der Waals surface area contributed by atoms with Gasteiger partial charge in [-0.3, -0.25) is 0 Å². The molecule has 0 amide bonds. The normalized spacial score (nSPS) is 11.2. The number of fused-ring (bicyclic) bond motifs is 3. The molecule has 0 saturated heterocycles. The third-order valence-electron chi connectivity index (χ3n) is 15.2. The van der Waals surface area contributed by atoms with Crippen molar-refractivity contribution in [3.05, 3.63) is 328 Å². The van der Waals surface area contributed by atoms with Gasteiger partial charge in [0.25, 0.3) is 0 Å². The van der Waals surface area contributed by atoms with Crippen molar-refractivity contribution in [3.8, 4) is 22.5 Å². The summed E-state index contributed by atoms with van der Waals surface area (Å²) in [4.78, 5) is 20.2. The van der Waals surface area contributed by atoms with E-state index in [0.29, 0.717) is 0 Å². The summed E-state index contributed by atoms with van der Waals surface area (Å²) in [7, 11) is 0. The Morgan fingerprint density at radius 1 is 0.171 bits per heavy atom. The highest BCUT2D eigenvalue weighted by Crippen LogP contribution is 2.48. The van der Waals surface area contributed by atoms with Gasteiger partial charge >= 0.3 is 0 Å². The molecule has 0 unspecified atom stereocenters. The zero-order valence-electron chi connectivity index (χ0n) is 44.9. The van der Waals surface area contributed by atoms with Crippen molar-refractivity contribution in [2.45, 2.75) is 0 Å². The lowest BCUT2D eigenvalue weighted by Gasteiger charge is -2.30. The predicted molar refractivity (Wildman–Crippen MR) is 344 cm³/mol. The van der Waals surface area contributed by atoms with Crippen molar-refractivity contribution in [1.82, 2.24) is 9.97 Å². The Labute approximate surface area is 478 Å². The average molecular weight is 1050 g/mol. The summed E-state index contributed by atoms with van der Waals surface area (Å²) >= 11 is 0. The van der Waals surface area contributed by atoms with Crippen LogP contribution in [0.4, 0.5) is 68.2 Å². The highest BCUT2D eigenvalue weighted by molar-refractivity contribution is 6.09. The number of hydrogen-bond donors (Lipinski definition) is 0. The van der Waals surface area contributed by atoms with Crippen LogP contribution in [0.25, 0.3) is 55.1 Å². The molecular formula is C76H54N6. The van der Waals surface area contributed by atoms with Crippen LogP contribution < -0.4 is 19.6 Å². The Morgan fingerprint density at radius 2 is 0.390 bits per heavy atom. The number of hydrogen-bond acceptors (Lipinski definition) is 6. The minimum Gasteiger partial charge on any atom is -0.310 e. The lowest BCUT2D eigenvalue weighted by atomic mass is 10.0. The number of nitrogens with zero attached hydrogens (tertiary/aromatic N) is 6. The molecule has 14 rings (SSSR count). The predicted octanol–water partition coefficient (Wildman–Crippen LogP) is 21.1. The quantitative estimate of drug-likeness (QED) is 0.108. The highest BCUT2D eigenvalue weighted by Gasteiger charge is 2.24. The number of para-hydroxylation sites is 8. The van der Waals surface area contributed by atoms with Crippen LogP contribution in [0.3, 0.4) is 0 Å². The minimum absolute atomic E-state index is 0.809. The first-order chi connectivity index (χ1) is 40.7. The summed E-state index contributed by atoms with van der Waals surface area (Å²) in [5.41, 5.74) is 18.1. The van der Waals surface area contributed by atoms with E-state index in [1.807, 2.05) is 24.3 Å². The molecule has 1 aromatic heterocycles. The second-order valence-electron chi connectivity index (χ2n) is 20.2. The molecule has 1 heterocycles. The molecule has 0 aliphatic carbocycles. The Balaban J connectivity index is 0.853. The van der Waals surface area contributed by atoms with Crippen molar-refractivity contribution in [1.29, 1.82) is 0 Å². The first-order valence-electron chi connectivity index (χ1n) is 27.7. The van der Waals surface area contributed by atoms with Gasteiger partial charge in [-0.2, -0.15) is 0 Å². The molecular weight excluding hydrogens is 997 g/mol. The Kier molecular flexibility index (Phi) is 13.2. The van der Waals surface area contributed by atoms with Gasteiger partial charge in [0, 0.05) is 78.2 Å². The zero-order chi connectivity index (χ0) is 54.6. The lowest BCUT2D eigenvalue weighted by Crippen LogP contribution is -2.13. The molecule has 0 radical (unpaired) electrons. The van der Waals surface area contributed by atoms with E-state index in [1.165, 1.54) is 0 Å². The third kappa shape index (κ3) is 9.40. The molecule has 6 nitrogen and oxygen atoms in total. The molecule has 0 N–H and O–H groups in total. The fourth-order valence-corrected chi connectivity index (χ4v) is 11.4.